The SMILES string of the molecule is CNC(=O)C[C@@H]1NC(=O)c2csc(n2)-c2ccc(-c3nc(NC(=O)OCCCCCC(=O)O)cs3)nc2-c2csc(n2)-c2csc(n2)[C@H]([C@@H](O)c2ccccc2)NC(=O)CNC(=O)c2nc(sc2COC)NC(=O)c2nc1sc2C. The zero-order chi connectivity index (χ0) is 56.5. The van der Waals surface area contributed by atoms with Gasteiger partial charge in [-0.2, -0.15) is 0 Å². The molecule has 0 saturated heterocycles. The second kappa shape index (κ2) is 26.0. The fourth-order valence-electron chi connectivity index (χ4n) is 7.84. The molecule has 0 fully saturated rings. The first kappa shape index (κ1) is 56.9. The lowest BCUT2D eigenvalue weighted by Crippen LogP contribution is -2.40. The molecule has 8 heterocycles. The van der Waals surface area contributed by atoms with E-state index in [1.165, 1.54) is 48.2 Å². The Morgan fingerprint density at radius 3 is 2.27 bits per heavy atom. The number of carboxylic acid groups (broad SMARTS) is 1. The van der Waals surface area contributed by atoms with Crippen LogP contribution < -0.4 is 31.9 Å². The fourth-order valence-corrected chi connectivity index (χ4v) is 13.0. The van der Waals surface area contributed by atoms with Crippen LogP contribution in [-0.2, 0) is 30.5 Å². The van der Waals surface area contributed by atoms with Gasteiger partial charge in [0.15, 0.2) is 5.13 Å². The molecule has 3 atom stereocenters. The number of carbonyl (C=O) groups excluding carboxylic acids is 6. The molecule has 0 radical (unpaired) electrons. The van der Waals surface area contributed by atoms with E-state index in [1.54, 1.807) is 70.9 Å². The number of hydrogen-bond donors (Lipinski definition) is 8. The monoisotopic (exact) mass is 1200 g/mol. The largest absolute Gasteiger partial charge is 0.481 e. The lowest BCUT2D eigenvalue weighted by molar-refractivity contribution is -0.137. The number of unbranched alkanes of at least 4 members (excludes halogenated alkanes) is 2. The second-order valence-electron chi connectivity index (χ2n) is 17.4. The predicted octanol–water partition coefficient (Wildman–Crippen LogP) is 7.63. The van der Waals surface area contributed by atoms with Crippen molar-refractivity contribution in [3.63, 3.8) is 0 Å². The summed E-state index contributed by atoms with van der Waals surface area (Å²) in [5, 5.41) is 45.4. The molecule has 30 heteroatoms. The Hall–Kier alpha value is -7.84. The third kappa shape index (κ3) is 13.8. The Labute approximate surface area is 478 Å². The Morgan fingerprint density at radius 2 is 1.49 bits per heavy atom. The van der Waals surface area contributed by atoms with Crippen molar-refractivity contribution < 1.29 is 53.2 Å². The van der Waals surface area contributed by atoms with Crippen LogP contribution >= 0.6 is 68.0 Å². The highest BCUT2D eigenvalue weighted by atomic mass is 32.1. The summed E-state index contributed by atoms with van der Waals surface area (Å²) < 4.78 is 10.6. The summed E-state index contributed by atoms with van der Waals surface area (Å²) in [6.07, 6.45) is -0.680. The number of aliphatic hydroxyl groups is 1. The second-order valence-corrected chi connectivity index (χ2v) is 23.1. The maximum atomic E-state index is 14.2. The minimum atomic E-state index is -1.28. The first-order valence-electron chi connectivity index (χ1n) is 24.2. The Balaban J connectivity index is 1.08. The summed E-state index contributed by atoms with van der Waals surface area (Å²) in [5.74, 6) is -3.82. The van der Waals surface area contributed by atoms with Crippen LogP contribution in [0.4, 0.5) is 15.7 Å². The first-order chi connectivity index (χ1) is 38.6. The van der Waals surface area contributed by atoms with Gasteiger partial charge >= 0.3 is 12.1 Å². The number of methoxy groups -OCH3 is 1. The Morgan fingerprint density at radius 1 is 0.738 bits per heavy atom. The minimum Gasteiger partial charge on any atom is -0.481 e. The van der Waals surface area contributed by atoms with Crippen molar-refractivity contribution in [1.29, 1.82) is 0 Å². The number of hydrogen-bond acceptors (Lipinski definition) is 23. The molecule has 24 nitrogen and oxygen atoms in total. The van der Waals surface area contributed by atoms with Crippen LogP contribution in [0.2, 0.25) is 0 Å². The van der Waals surface area contributed by atoms with Crippen LogP contribution in [-0.4, -0.2) is 114 Å². The van der Waals surface area contributed by atoms with Crippen LogP contribution in [0.5, 0.6) is 0 Å². The lowest BCUT2D eigenvalue weighted by atomic mass is 10.0. The van der Waals surface area contributed by atoms with E-state index in [4.69, 9.17) is 34.5 Å². The summed E-state index contributed by atoms with van der Waals surface area (Å²) >= 11 is 6.86. The van der Waals surface area contributed by atoms with Gasteiger partial charge in [-0.1, -0.05) is 41.7 Å². The number of nitrogens with one attached hydrogen (secondary N) is 6. The third-order valence-corrected chi connectivity index (χ3v) is 17.3. The van der Waals surface area contributed by atoms with Crippen molar-refractivity contribution >= 4 is 121 Å². The fraction of sp³-hybridized carbons (Fsp3) is 0.280. The summed E-state index contributed by atoms with van der Waals surface area (Å²) in [4.78, 5) is 126. The number of aliphatic hydroxyl groups excluding tert-OH is 1. The standard InChI is InChI=1S/C50H47N13O11S6/c1-23-36-43(71)63-49-62-38(31(80-49)18-73-3)42(70)52-17-34(65)60-39(40(68)24-10-6-4-7-11-24)48-57-30(21-77-48)46-55-28(19-76-46)37-25(44-56-29(20-75-44)41(69)54-27(16-33(64)51-2)47(61-36)79-23)13-14-26(53-37)45-58-32(22-78-45)59-50(72)74-15-9-5-8-12-35(66)67/h4,6-7,10-11,13-14,19-22,27,39-40,68H,5,8-9,12,15-18H2,1-3H3,(H,51,64)(H,52,70)(H,54,69)(H,59,72)(H,60,65)(H,66,67)(H,62,63,71)/t27-,39-,40-/m0/s1. The van der Waals surface area contributed by atoms with Crippen molar-refractivity contribution in [3.8, 4) is 43.4 Å². The van der Waals surface area contributed by atoms with E-state index in [0.717, 1.165) is 34.0 Å². The van der Waals surface area contributed by atoms with Crippen molar-refractivity contribution in [2.45, 2.75) is 63.8 Å². The number of thiazole rings is 6. The minimum absolute atomic E-state index is 0.00732. The maximum Gasteiger partial charge on any atom is 0.412 e. The van der Waals surface area contributed by atoms with E-state index in [0.29, 0.717) is 82.9 Å². The molecule has 8 N–H and O–H groups in total. The van der Waals surface area contributed by atoms with Crippen LogP contribution in [0.15, 0.2) is 64.0 Å². The van der Waals surface area contributed by atoms with Crippen LogP contribution in [0, 0.1) is 6.92 Å². The molecule has 80 heavy (non-hydrogen) atoms. The molecule has 6 amide bonds. The summed E-state index contributed by atoms with van der Waals surface area (Å²) in [7, 11) is 2.88. The first-order valence-corrected chi connectivity index (χ1v) is 29.4. The molecule has 7 aromatic heterocycles. The van der Waals surface area contributed by atoms with Crippen LogP contribution in [0.25, 0.3) is 43.4 Å². The van der Waals surface area contributed by atoms with Crippen LogP contribution in [0.1, 0.15) is 107 Å². The lowest BCUT2D eigenvalue weighted by Gasteiger charge is -2.23. The summed E-state index contributed by atoms with van der Waals surface area (Å²) in [6, 6.07) is 10.1. The average Bonchev–Trinajstić information content (AvgIpc) is 4.39. The number of pyridine rings is 1. The van der Waals surface area contributed by atoms with Crippen molar-refractivity contribution in [1.82, 2.24) is 56.2 Å². The molecular formula is C50H47N13O11S6. The molecular weight excluding hydrogens is 1150 g/mol. The molecule has 0 spiro atoms. The summed E-state index contributed by atoms with van der Waals surface area (Å²) in [6.45, 7) is 1.16. The van der Waals surface area contributed by atoms with Gasteiger partial charge in [-0.05, 0) is 43.9 Å². The number of anilines is 2. The predicted molar refractivity (Wildman–Crippen MR) is 301 cm³/mol. The van der Waals surface area contributed by atoms with E-state index < -0.39 is 66.3 Å². The van der Waals surface area contributed by atoms with Gasteiger partial charge in [0.2, 0.25) is 11.8 Å². The van der Waals surface area contributed by atoms with E-state index in [9.17, 15) is 38.7 Å². The van der Waals surface area contributed by atoms with Gasteiger partial charge in [-0.25, -0.2) is 39.7 Å². The van der Waals surface area contributed by atoms with E-state index >= 15 is 0 Å². The Bertz CT molecular complexity index is 3590. The molecule has 0 saturated carbocycles. The number of aliphatic carboxylic acids is 1. The highest BCUT2D eigenvalue weighted by molar-refractivity contribution is 7.16. The van der Waals surface area contributed by atoms with Gasteiger partial charge in [-0.15, -0.1) is 56.7 Å². The number of carboxylic acids is 1. The third-order valence-electron chi connectivity index (χ3n) is 11.7. The normalized spacial score (nSPS) is 15.2. The number of ether oxygens (including phenoxy) is 2. The number of aryl methyl sites for hydroxylation is 1. The molecule has 1 aliphatic rings. The number of benzene rings is 1. The molecule has 1 aliphatic heterocycles. The molecule has 0 unspecified atom stereocenters. The number of nitrogens with zero attached hydrogens (tertiary/aromatic N) is 7. The van der Waals surface area contributed by atoms with Gasteiger partial charge in [0.1, 0.15) is 77.2 Å². The van der Waals surface area contributed by atoms with E-state index in [2.05, 4.69) is 46.9 Å². The maximum absolute atomic E-state index is 14.2. The average molecular weight is 1200 g/mol. The number of amides is 6. The molecule has 10 bridgehead atoms. The van der Waals surface area contributed by atoms with Crippen molar-refractivity contribution in [2.75, 3.05) is 37.9 Å². The molecule has 0 aliphatic carbocycles. The highest BCUT2D eigenvalue weighted by Crippen LogP contribution is 2.40. The molecule has 9 rings (SSSR count). The van der Waals surface area contributed by atoms with Gasteiger partial charge < -0.3 is 41.0 Å². The smallest absolute Gasteiger partial charge is 0.412 e. The van der Waals surface area contributed by atoms with Gasteiger partial charge in [0.05, 0.1) is 42.8 Å². The molecule has 8 aromatic rings. The van der Waals surface area contributed by atoms with E-state index in [-0.39, 0.29) is 59.1 Å². The van der Waals surface area contributed by atoms with Crippen molar-refractivity contribution in [3.05, 3.63) is 106 Å². The zero-order valence-corrected chi connectivity index (χ0v) is 47.3. The number of carbonyl (C=O) groups is 7. The number of fused-ring (bicyclic) bond motifs is 14. The molecule has 1 aromatic carbocycles. The van der Waals surface area contributed by atoms with Gasteiger partial charge in [-0.3, -0.25) is 39.4 Å². The van der Waals surface area contributed by atoms with Gasteiger partial charge in [0.25, 0.3) is 17.7 Å². The van der Waals surface area contributed by atoms with Gasteiger partial charge in [0, 0.05) is 52.5 Å². The number of aromatic nitrogens is 7. The quantitative estimate of drug-likeness (QED) is 0.0485. The van der Waals surface area contributed by atoms with E-state index in [1.807, 2.05) is 0 Å². The molecule has 414 valence electrons. The van der Waals surface area contributed by atoms with Crippen LogP contribution in [0.3, 0.4) is 0 Å². The van der Waals surface area contributed by atoms with Crippen molar-refractivity contribution in [2.24, 2.45) is 0 Å². The Kier molecular flexibility index (Phi) is 18.5. The topological polar surface area (TPSA) is 341 Å². The highest BCUT2D eigenvalue weighted by Gasteiger charge is 2.31. The zero-order valence-electron chi connectivity index (χ0n) is 42.4. The summed E-state index contributed by atoms with van der Waals surface area (Å²) in [5.41, 5.74) is 2.42. The number of rotatable bonds is 14.